The Labute approximate surface area is 249 Å². The van der Waals surface area contributed by atoms with E-state index in [1.165, 1.54) is 31.4 Å². The zero-order chi connectivity index (χ0) is 30.8. The molecule has 0 aromatic heterocycles. The maximum Gasteiger partial charge on any atom is 0.416 e. The Hall–Kier alpha value is -3.89. The van der Waals surface area contributed by atoms with Crippen LogP contribution in [0.25, 0.3) is 11.1 Å². The Morgan fingerprint density at radius 1 is 0.907 bits per heavy atom. The SMILES string of the molecule is O=C(NC[C@H](O)C(=O)NCCO)c1ccc(O[C@@H](CC2CCCCC2)c2cccc(-c3ccc(C(F)(F)F)cc3)c2)cc1. The number of rotatable bonds is 12. The van der Waals surface area contributed by atoms with Gasteiger partial charge in [-0.3, -0.25) is 9.59 Å². The Kier molecular flexibility index (Phi) is 11.2. The second kappa shape index (κ2) is 15.0. The van der Waals surface area contributed by atoms with Crippen molar-refractivity contribution in [1.82, 2.24) is 10.6 Å². The minimum atomic E-state index is -4.39. The van der Waals surface area contributed by atoms with Gasteiger partial charge in [0.15, 0.2) is 0 Å². The molecule has 0 radical (unpaired) electrons. The van der Waals surface area contributed by atoms with Crippen LogP contribution in [0.5, 0.6) is 5.75 Å². The molecule has 4 N–H and O–H groups in total. The van der Waals surface area contributed by atoms with Crippen LogP contribution in [0, 0.1) is 5.92 Å². The fraction of sp³-hybridized carbons (Fsp3) is 0.394. The van der Waals surface area contributed by atoms with Gasteiger partial charge in [-0.2, -0.15) is 13.2 Å². The Balaban J connectivity index is 1.47. The lowest BCUT2D eigenvalue weighted by atomic mass is 9.84. The number of halogens is 3. The quantitative estimate of drug-likeness (QED) is 0.215. The van der Waals surface area contributed by atoms with Crippen molar-refractivity contribution in [3.05, 3.63) is 89.5 Å². The highest BCUT2D eigenvalue weighted by atomic mass is 19.4. The highest BCUT2D eigenvalue weighted by molar-refractivity contribution is 5.94. The van der Waals surface area contributed by atoms with Crippen molar-refractivity contribution in [2.75, 3.05) is 19.7 Å². The van der Waals surface area contributed by atoms with Gasteiger partial charge in [-0.1, -0.05) is 62.4 Å². The van der Waals surface area contributed by atoms with E-state index in [1.807, 2.05) is 24.3 Å². The maximum absolute atomic E-state index is 13.1. The van der Waals surface area contributed by atoms with Crippen LogP contribution in [0.4, 0.5) is 13.2 Å². The molecule has 3 aromatic rings. The second-order valence-electron chi connectivity index (χ2n) is 10.8. The standard InChI is InChI=1S/C33H37F3N2O5/c34-33(35,36)27-13-9-23(10-14-27)25-7-4-8-26(20-25)30(19-22-5-2-1-3-6-22)43-28-15-11-24(12-16-28)31(41)38-21-29(40)32(42)37-17-18-39/h4,7-16,20,22,29-30,39-40H,1-3,5-6,17-19,21H2,(H,37,42)(H,38,41)/t29-,30-/m0/s1. The summed E-state index contributed by atoms with van der Waals surface area (Å²) in [6.07, 6.45) is 0.432. The molecule has 1 saturated carbocycles. The smallest absolute Gasteiger partial charge is 0.416 e. The first-order valence-corrected chi connectivity index (χ1v) is 14.5. The number of benzene rings is 3. The molecule has 2 atom stereocenters. The van der Waals surface area contributed by atoms with E-state index in [0.717, 1.165) is 42.5 Å². The molecular formula is C33H37F3N2O5. The molecule has 1 fully saturated rings. The number of hydrogen-bond donors (Lipinski definition) is 4. The van der Waals surface area contributed by atoms with Crippen LogP contribution in [0.15, 0.2) is 72.8 Å². The first kappa shape index (κ1) is 32.0. The first-order valence-electron chi connectivity index (χ1n) is 14.5. The molecular weight excluding hydrogens is 561 g/mol. The molecule has 230 valence electrons. The third-order valence-corrected chi connectivity index (χ3v) is 7.64. The van der Waals surface area contributed by atoms with Crippen LogP contribution in [0.1, 0.15) is 66.1 Å². The summed E-state index contributed by atoms with van der Waals surface area (Å²) in [5.74, 6) is -0.117. The number of alkyl halides is 3. The molecule has 3 aromatic carbocycles. The molecule has 1 aliphatic rings. The average Bonchev–Trinajstić information content (AvgIpc) is 3.02. The summed E-state index contributed by atoms with van der Waals surface area (Å²) in [4.78, 5) is 24.3. The van der Waals surface area contributed by atoms with Gasteiger partial charge in [0, 0.05) is 12.1 Å². The van der Waals surface area contributed by atoms with E-state index in [0.29, 0.717) is 22.8 Å². The van der Waals surface area contributed by atoms with Crippen LogP contribution in [0.2, 0.25) is 0 Å². The van der Waals surface area contributed by atoms with E-state index in [2.05, 4.69) is 10.6 Å². The Bertz CT molecular complexity index is 1340. The molecule has 0 spiro atoms. The number of nitrogens with one attached hydrogen (secondary N) is 2. The van der Waals surface area contributed by atoms with E-state index < -0.39 is 29.7 Å². The molecule has 10 heteroatoms. The summed E-state index contributed by atoms with van der Waals surface area (Å²) >= 11 is 0. The molecule has 0 saturated heterocycles. The van der Waals surface area contributed by atoms with Gasteiger partial charge in [0.25, 0.3) is 11.8 Å². The molecule has 0 aliphatic heterocycles. The van der Waals surface area contributed by atoms with Crippen LogP contribution in [0.3, 0.4) is 0 Å². The van der Waals surface area contributed by atoms with Gasteiger partial charge in [0.2, 0.25) is 0 Å². The normalized spacial score (nSPS) is 15.4. The van der Waals surface area contributed by atoms with Gasteiger partial charge >= 0.3 is 6.18 Å². The van der Waals surface area contributed by atoms with Gasteiger partial charge < -0.3 is 25.6 Å². The van der Waals surface area contributed by atoms with Crippen molar-refractivity contribution in [2.45, 2.75) is 56.9 Å². The van der Waals surface area contributed by atoms with Crippen LogP contribution in [-0.2, 0) is 11.0 Å². The summed E-state index contributed by atoms with van der Waals surface area (Å²) in [7, 11) is 0. The second-order valence-corrected chi connectivity index (χ2v) is 10.8. The largest absolute Gasteiger partial charge is 0.486 e. The molecule has 4 rings (SSSR count). The lowest BCUT2D eigenvalue weighted by Gasteiger charge is -2.28. The van der Waals surface area contributed by atoms with E-state index >= 15 is 0 Å². The molecule has 2 amide bonds. The van der Waals surface area contributed by atoms with Crippen LogP contribution < -0.4 is 15.4 Å². The lowest BCUT2D eigenvalue weighted by Crippen LogP contribution is -2.43. The van der Waals surface area contributed by atoms with E-state index in [1.54, 1.807) is 24.3 Å². The predicted molar refractivity (Wildman–Crippen MR) is 156 cm³/mol. The zero-order valence-electron chi connectivity index (χ0n) is 23.8. The number of ether oxygens (including phenoxy) is 1. The summed E-state index contributed by atoms with van der Waals surface area (Å²) in [5, 5.41) is 23.5. The Morgan fingerprint density at radius 2 is 1.60 bits per heavy atom. The number of amides is 2. The molecule has 0 heterocycles. The van der Waals surface area contributed by atoms with Gasteiger partial charge in [0.05, 0.1) is 18.7 Å². The summed E-state index contributed by atoms with van der Waals surface area (Å²) in [5.41, 5.74) is 2.02. The van der Waals surface area contributed by atoms with Crippen molar-refractivity contribution < 1.29 is 37.7 Å². The lowest BCUT2D eigenvalue weighted by molar-refractivity contribution is -0.137. The fourth-order valence-corrected chi connectivity index (χ4v) is 5.28. The number of carbonyl (C=O) groups excluding carboxylic acids is 2. The van der Waals surface area contributed by atoms with Gasteiger partial charge in [-0.25, -0.2) is 0 Å². The topological polar surface area (TPSA) is 108 Å². The van der Waals surface area contributed by atoms with Gasteiger partial charge in [-0.15, -0.1) is 0 Å². The molecule has 43 heavy (non-hydrogen) atoms. The number of carbonyl (C=O) groups is 2. The summed E-state index contributed by atoms with van der Waals surface area (Å²) in [6, 6.07) is 19.4. The third kappa shape index (κ3) is 9.30. The number of aliphatic hydroxyl groups excluding tert-OH is 2. The monoisotopic (exact) mass is 598 g/mol. The van der Waals surface area contributed by atoms with Crippen molar-refractivity contribution in [3.8, 4) is 16.9 Å². The van der Waals surface area contributed by atoms with Crippen molar-refractivity contribution in [2.24, 2.45) is 5.92 Å². The van der Waals surface area contributed by atoms with Gasteiger partial charge in [-0.05, 0) is 71.5 Å². The van der Waals surface area contributed by atoms with E-state index in [-0.39, 0.29) is 25.8 Å². The van der Waals surface area contributed by atoms with Crippen molar-refractivity contribution >= 4 is 11.8 Å². The summed E-state index contributed by atoms with van der Waals surface area (Å²) in [6.45, 7) is -0.537. The maximum atomic E-state index is 13.1. The van der Waals surface area contributed by atoms with Crippen molar-refractivity contribution in [3.63, 3.8) is 0 Å². The first-order chi connectivity index (χ1) is 20.6. The van der Waals surface area contributed by atoms with Crippen molar-refractivity contribution in [1.29, 1.82) is 0 Å². The average molecular weight is 599 g/mol. The third-order valence-electron chi connectivity index (χ3n) is 7.64. The molecule has 0 bridgehead atoms. The molecule has 7 nitrogen and oxygen atoms in total. The highest BCUT2D eigenvalue weighted by Crippen LogP contribution is 2.36. The number of aliphatic hydroxyl groups is 2. The Morgan fingerprint density at radius 3 is 2.26 bits per heavy atom. The van der Waals surface area contributed by atoms with Crippen LogP contribution >= 0.6 is 0 Å². The molecule has 1 aliphatic carbocycles. The summed E-state index contributed by atoms with van der Waals surface area (Å²) < 4.78 is 45.6. The predicted octanol–water partition coefficient (Wildman–Crippen LogP) is 5.66. The van der Waals surface area contributed by atoms with E-state index in [4.69, 9.17) is 9.84 Å². The van der Waals surface area contributed by atoms with E-state index in [9.17, 15) is 27.9 Å². The zero-order valence-corrected chi connectivity index (χ0v) is 23.8. The molecule has 0 unspecified atom stereocenters. The highest BCUT2D eigenvalue weighted by Gasteiger charge is 2.30. The minimum absolute atomic E-state index is 0.00634. The van der Waals surface area contributed by atoms with Crippen LogP contribution in [-0.4, -0.2) is 47.8 Å². The fourth-order valence-electron chi connectivity index (χ4n) is 5.28. The number of hydrogen-bond acceptors (Lipinski definition) is 5. The minimum Gasteiger partial charge on any atom is -0.486 e. The van der Waals surface area contributed by atoms with Gasteiger partial charge in [0.1, 0.15) is 18.0 Å².